The largest absolute Gasteiger partial charge is 0.0654 e. The van der Waals surface area contributed by atoms with Crippen molar-refractivity contribution in [2.24, 2.45) is 117 Å². The fourth-order valence-corrected chi connectivity index (χ4v) is 12.2. The van der Waals surface area contributed by atoms with Gasteiger partial charge in [0, 0.05) is 0 Å². The lowest BCUT2D eigenvalue weighted by Gasteiger charge is -2.33. The molecule has 550 valence electrons. The van der Waals surface area contributed by atoms with E-state index in [2.05, 4.69) is 228 Å². The minimum absolute atomic E-state index is 0.708. The summed E-state index contributed by atoms with van der Waals surface area (Å²) in [5, 5.41) is 0. The second kappa shape index (κ2) is 61.3. The van der Waals surface area contributed by atoms with Gasteiger partial charge < -0.3 is 0 Å². The second-order valence-corrected chi connectivity index (χ2v) is 36.4. The minimum atomic E-state index is 0.708. The molecular weight excluding hydrogens is 1080 g/mol. The highest BCUT2D eigenvalue weighted by Gasteiger charge is 2.59. The van der Waals surface area contributed by atoms with Crippen molar-refractivity contribution in [1.82, 2.24) is 0 Å². The molecule has 9 aliphatic carbocycles. The first-order valence-corrected chi connectivity index (χ1v) is 42.0. The Morgan fingerprint density at radius 2 is 0.756 bits per heavy atom. The van der Waals surface area contributed by atoms with Gasteiger partial charge in [-0.05, 0) is 181 Å². The molecule has 0 aromatic carbocycles. The van der Waals surface area contributed by atoms with Crippen LogP contribution < -0.4 is 0 Å². The van der Waals surface area contributed by atoms with Crippen molar-refractivity contribution < 1.29 is 0 Å². The van der Waals surface area contributed by atoms with E-state index in [4.69, 9.17) is 0 Å². The normalized spacial score (nSPS) is 25.3. The topological polar surface area (TPSA) is 0 Å². The van der Waals surface area contributed by atoms with Crippen LogP contribution in [0.3, 0.4) is 0 Å². The standard InChI is InChI=1S/6C7H16.C6H10.7C6H12/c1-6(2)5-7(3)4;1-5-7(4)6(2)3;2*1-4-5-6-7(2)3;1-4-6-7(3)5-2;1-3-5-7-6-4-2;1-5-4-6(5)2-3-6;1-5-4-6(5,2)3;1-5-3-6(2)4-5;1-6(2)4-3-5-6;1-5-3-4-6(5)2;1-6-4-2-3-5-6;1-3-6-4-5(6)2;1-2-6-4-3-5-6/h2*6-7H,5H2,1-4H3;3*7H,4-6H2,1-3H3;3-7H2,1-2H3;5H,2-4H2,1H3;5H,4H2,1-3H3;5-6H,3-4H2,1-2H3;3-5H2,1-2H3;5-6H,3-4H2,1-2H3;6H,2-5H2,1H3;5-6H,3-4H2,1-2H3;6H,2-5H2,1H3/t;7-;;;7-;;5-;;;;5-,6?;;;/m.0..1.0...1.../s1. The quantitative estimate of drug-likeness (QED) is 0.113. The van der Waals surface area contributed by atoms with Crippen LogP contribution in [0.4, 0.5) is 0 Å². The van der Waals surface area contributed by atoms with Crippen LogP contribution in [-0.4, -0.2) is 0 Å². The molecule has 9 saturated carbocycles. The average Bonchev–Trinajstić information content (AvgIpc) is 1.58. The highest BCUT2D eigenvalue weighted by atomic mass is 14.6. The monoisotopic (exact) mass is 1270 g/mol. The number of hydrogen-bond donors (Lipinski definition) is 0. The van der Waals surface area contributed by atoms with Gasteiger partial charge in [0.05, 0.1) is 0 Å². The highest BCUT2D eigenvalue weighted by Crippen LogP contribution is 2.70. The summed E-state index contributed by atoms with van der Waals surface area (Å²) in [6.07, 6.45) is 53.2. The third-order valence-electron chi connectivity index (χ3n) is 22.8. The number of rotatable bonds is 19. The zero-order valence-corrected chi connectivity index (χ0v) is 70.5. The van der Waals surface area contributed by atoms with Gasteiger partial charge >= 0.3 is 0 Å². The Morgan fingerprint density at radius 1 is 0.367 bits per heavy atom. The molecule has 0 bridgehead atoms. The van der Waals surface area contributed by atoms with Crippen LogP contribution in [-0.2, 0) is 0 Å². The van der Waals surface area contributed by atoms with E-state index in [0.717, 1.165) is 111 Å². The summed E-state index contributed by atoms with van der Waals surface area (Å²) in [5.41, 5.74) is 2.39. The molecule has 90 heavy (non-hydrogen) atoms. The molecule has 0 saturated heterocycles. The zero-order chi connectivity index (χ0) is 70.5. The Kier molecular flexibility index (Phi) is 67.2. The fraction of sp³-hybridized carbons (Fsp3) is 1.00. The molecule has 0 radical (unpaired) electrons. The summed E-state index contributed by atoms with van der Waals surface area (Å²) in [7, 11) is 0. The van der Waals surface area contributed by atoms with E-state index in [1.165, 1.54) is 218 Å². The van der Waals surface area contributed by atoms with Crippen LogP contribution in [0.5, 0.6) is 0 Å². The van der Waals surface area contributed by atoms with E-state index in [0.29, 0.717) is 5.41 Å². The highest BCUT2D eigenvalue weighted by molar-refractivity contribution is 5.10. The van der Waals surface area contributed by atoms with Gasteiger partial charge in [-0.1, -0.05) is 402 Å². The summed E-state index contributed by atoms with van der Waals surface area (Å²) in [5.74, 6) is 16.9. The summed E-state index contributed by atoms with van der Waals surface area (Å²) >= 11 is 0. The van der Waals surface area contributed by atoms with Crippen molar-refractivity contribution in [2.75, 3.05) is 0 Å². The van der Waals surface area contributed by atoms with E-state index >= 15 is 0 Å². The SMILES string of the molecule is CC(C)CC(C)C.CC1(C)CCC1.CC1CC(C)C1.CC1CC1(C)C.CC1CCCC1.CC1CC[C@H]1C.CCC1CC1C.CCC1CCC1.CCCCC(C)C.CCCCC(C)C.CCCCCCC.CCC[C@H](C)CC.CC[C@H](C)C(C)C.C[C@H]1CC12CC2. The molecule has 0 heterocycles. The molecule has 9 aliphatic rings. The van der Waals surface area contributed by atoms with E-state index in [9.17, 15) is 0 Å². The Hall–Kier alpha value is 0. The van der Waals surface area contributed by atoms with Gasteiger partial charge in [-0.2, -0.15) is 0 Å². The summed E-state index contributed by atoms with van der Waals surface area (Å²) in [4.78, 5) is 0. The first kappa shape index (κ1) is 98.7. The molecule has 0 amide bonds. The summed E-state index contributed by atoms with van der Waals surface area (Å²) in [6, 6.07) is 0. The Morgan fingerprint density at radius 3 is 0.811 bits per heavy atom. The summed E-state index contributed by atoms with van der Waals surface area (Å²) < 4.78 is 0. The lowest BCUT2D eigenvalue weighted by atomic mass is 9.72. The Balaban J connectivity index is -0.000000288. The van der Waals surface area contributed by atoms with E-state index in [1.807, 2.05) is 0 Å². The smallest absolute Gasteiger partial charge is 0.0268 e. The van der Waals surface area contributed by atoms with Crippen molar-refractivity contribution in [1.29, 1.82) is 0 Å². The van der Waals surface area contributed by atoms with Gasteiger partial charge in [-0.3, -0.25) is 0 Å². The van der Waals surface area contributed by atoms with Crippen molar-refractivity contribution in [2.45, 2.75) is 466 Å². The molecule has 9 rings (SSSR count). The van der Waals surface area contributed by atoms with Crippen molar-refractivity contribution in [3.63, 3.8) is 0 Å². The third kappa shape index (κ3) is 69.4. The van der Waals surface area contributed by atoms with Crippen molar-refractivity contribution in [3.05, 3.63) is 0 Å². The van der Waals surface area contributed by atoms with E-state index in [-0.39, 0.29) is 0 Å². The molecule has 8 atom stereocenters. The van der Waals surface area contributed by atoms with Crippen LogP contribution in [0.25, 0.3) is 0 Å². The number of unbranched alkanes of at least 4 members (excludes halogenated alkanes) is 6. The average molecular weight is 1270 g/mol. The van der Waals surface area contributed by atoms with Crippen LogP contribution in [0.2, 0.25) is 0 Å². The van der Waals surface area contributed by atoms with Crippen LogP contribution in [0, 0.1) is 117 Å². The first-order valence-electron chi connectivity index (χ1n) is 42.0. The van der Waals surface area contributed by atoms with Gasteiger partial charge in [0.1, 0.15) is 0 Å². The summed E-state index contributed by atoms with van der Waals surface area (Å²) in [6.45, 7) is 75.5. The zero-order valence-electron chi connectivity index (χ0n) is 70.5. The Bertz CT molecular complexity index is 1310. The Labute approximate surface area is 579 Å². The van der Waals surface area contributed by atoms with Gasteiger partial charge in [-0.25, -0.2) is 0 Å². The van der Waals surface area contributed by atoms with Crippen LogP contribution in [0.15, 0.2) is 0 Å². The molecule has 0 nitrogen and oxygen atoms in total. The van der Waals surface area contributed by atoms with E-state index in [1.54, 1.807) is 19.3 Å². The molecule has 0 aromatic heterocycles. The molecule has 9 fully saturated rings. The van der Waals surface area contributed by atoms with Crippen molar-refractivity contribution in [3.8, 4) is 0 Å². The van der Waals surface area contributed by atoms with Crippen LogP contribution in [0.1, 0.15) is 466 Å². The lowest BCUT2D eigenvalue weighted by molar-refractivity contribution is 0.190. The fourth-order valence-electron chi connectivity index (χ4n) is 12.2. The molecular formula is C90H190. The molecule has 0 heteroatoms. The van der Waals surface area contributed by atoms with E-state index < -0.39 is 0 Å². The maximum absolute atomic E-state index is 2.37. The molecule has 4 unspecified atom stereocenters. The lowest BCUT2D eigenvalue weighted by Crippen LogP contribution is -2.20. The second-order valence-electron chi connectivity index (χ2n) is 36.4. The van der Waals surface area contributed by atoms with Crippen molar-refractivity contribution >= 4 is 0 Å². The molecule has 0 aliphatic heterocycles. The van der Waals surface area contributed by atoms with Gasteiger partial charge in [0.2, 0.25) is 0 Å². The first-order chi connectivity index (χ1) is 42.0. The maximum Gasteiger partial charge on any atom is -0.0268 e. The maximum atomic E-state index is 2.37. The van der Waals surface area contributed by atoms with Crippen LogP contribution >= 0.6 is 0 Å². The van der Waals surface area contributed by atoms with Gasteiger partial charge in [-0.15, -0.1) is 0 Å². The minimum Gasteiger partial charge on any atom is -0.0654 e. The molecule has 1 spiro atoms. The third-order valence-corrected chi connectivity index (χ3v) is 22.8. The predicted octanol–water partition coefficient (Wildman–Crippen LogP) is 33.5. The molecule has 0 aromatic rings. The van der Waals surface area contributed by atoms with Gasteiger partial charge in [0.25, 0.3) is 0 Å². The molecule has 0 N–H and O–H groups in total. The van der Waals surface area contributed by atoms with Gasteiger partial charge in [0.15, 0.2) is 0 Å². The number of hydrogen-bond acceptors (Lipinski definition) is 0. The predicted molar refractivity (Wildman–Crippen MR) is 425 cm³/mol.